The molecule has 2 unspecified atom stereocenters. The summed E-state index contributed by atoms with van der Waals surface area (Å²) in [5.74, 6) is 1.83. The van der Waals surface area contributed by atoms with E-state index in [4.69, 9.17) is 9.47 Å². The van der Waals surface area contributed by atoms with Crippen LogP contribution in [0.2, 0.25) is 0 Å². The molecule has 0 spiro atoms. The third-order valence-electron chi connectivity index (χ3n) is 3.37. The van der Waals surface area contributed by atoms with Crippen molar-refractivity contribution >= 4 is 0 Å². The predicted octanol–water partition coefficient (Wildman–Crippen LogP) is 2.37. The van der Waals surface area contributed by atoms with Crippen LogP contribution < -0.4 is 14.8 Å². The number of ether oxygens (including phenoxy) is 2. The largest absolute Gasteiger partial charge is 0.493 e. The highest BCUT2D eigenvalue weighted by molar-refractivity contribution is 5.43. The van der Waals surface area contributed by atoms with Gasteiger partial charge in [-0.1, -0.05) is 19.9 Å². The van der Waals surface area contributed by atoms with Crippen LogP contribution in [0.5, 0.6) is 11.5 Å². The van der Waals surface area contributed by atoms with E-state index in [2.05, 4.69) is 26.1 Å². The molecule has 1 aromatic carbocycles. The molecule has 2 atom stereocenters. The van der Waals surface area contributed by atoms with E-state index in [0.717, 1.165) is 17.1 Å². The van der Waals surface area contributed by atoms with Gasteiger partial charge in [-0.05, 0) is 30.5 Å². The highest BCUT2D eigenvalue weighted by atomic mass is 16.5. The molecule has 2 N–H and O–H groups in total. The minimum absolute atomic E-state index is 0.0862. The van der Waals surface area contributed by atoms with Crippen molar-refractivity contribution in [1.82, 2.24) is 5.32 Å². The Kier molecular flexibility index (Phi) is 6.12. The molecule has 0 aliphatic carbocycles. The second kappa shape index (κ2) is 7.36. The minimum Gasteiger partial charge on any atom is -0.493 e. The van der Waals surface area contributed by atoms with E-state index in [-0.39, 0.29) is 18.7 Å². The van der Waals surface area contributed by atoms with Crippen molar-refractivity contribution in [2.45, 2.75) is 32.9 Å². The van der Waals surface area contributed by atoms with Gasteiger partial charge in [0, 0.05) is 12.1 Å². The van der Waals surface area contributed by atoms with Gasteiger partial charge in [0.25, 0.3) is 0 Å². The number of methoxy groups -OCH3 is 2. The van der Waals surface area contributed by atoms with Crippen LogP contribution in [-0.4, -0.2) is 32.0 Å². The zero-order valence-corrected chi connectivity index (χ0v) is 12.4. The lowest BCUT2D eigenvalue weighted by atomic mass is 10.0. The maximum Gasteiger partial charge on any atom is 0.161 e. The highest BCUT2D eigenvalue weighted by Crippen LogP contribution is 2.30. The summed E-state index contributed by atoms with van der Waals surface area (Å²) in [4.78, 5) is 0. The predicted molar refractivity (Wildman–Crippen MR) is 76.8 cm³/mol. The lowest BCUT2D eigenvalue weighted by molar-refractivity contribution is 0.201. The summed E-state index contributed by atoms with van der Waals surface area (Å²) in [5, 5.41) is 12.8. The third-order valence-corrected chi connectivity index (χ3v) is 3.37. The van der Waals surface area contributed by atoms with E-state index in [0.29, 0.717) is 5.92 Å². The molecule has 0 fully saturated rings. The van der Waals surface area contributed by atoms with Gasteiger partial charge in [0.1, 0.15) is 0 Å². The summed E-state index contributed by atoms with van der Waals surface area (Å²) in [7, 11) is 3.25. The Bertz CT molecular complexity index is 393. The van der Waals surface area contributed by atoms with Crippen LogP contribution in [0.25, 0.3) is 0 Å². The summed E-state index contributed by atoms with van der Waals surface area (Å²) in [5.41, 5.74) is 1.11. The fourth-order valence-electron chi connectivity index (χ4n) is 2.00. The quantitative estimate of drug-likeness (QED) is 0.796. The van der Waals surface area contributed by atoms with Gasteiger partial charge >= 0.3 is 0 Å². The maximum atomic E-state index is 9.37. The molecule has 0 saturated heterocycles. The number of rotatable bonds is 7. The average Bonchev–Trinajstić information content (AvgIpc) is 2.43. The number of hydrogen-bond acceptors (Lipinski definition) is 4. The first-order chi connectivity index (χ1) is 9.03. The number of nitrogens with one attached hydrogen (secondary N) is 1. The summed E-state index contributed by atoms with van der Waals surface area (Å²) in [6.45, 7) is 6.39. The molecular weight excluding hydrogens is 242 g/mol. The summed E-state index contributed by atoms with van der Waals surface area (Å²) in [6, 6.07) is 6.09. The maximum absolute atomic E-state index is 9.37. The molecule has 0 saturated carbocycles. The average molecular weight is 267 g/mol. The SMILES string of the molecule is COc1ccc(C(C)NC(CO)C(C)C)cc1OC. The van der Waals surface area contributed by atoms with Gasteiger partial charge in [-0.2, -0.15) is 0 Å². The molecular formula is C15H25NO3. The zero-order chi connectivity index (χ0) is 14.4. The van der Waals surface area contributed by atoms with Crippen LogP contribution >= 0.6 is 0 Å². The lowest BCUT2D eigenvalue weighted by Crippen LogP contribution is -2.38. The van der Waals surface area contributed by atoms with Gasteiger partial charge in [0.05, 0.1) is 20.8 Å². The fraction of sp³-hybridized carbons (Fsp3) is 0.600. The fourth-order valence-corrected chi connectivity index (χ4v) is 2.00. The molecule has 0 aliphatic heterocycles. The van der Waals surface area contributed by atoms with Crippen LogP contribution in [0.3, 0.4) is 0 Å². The van der Waals surface area contributed by atoms with Crippen molar-refractivity contribution < 1.29 is 14.6 Å². The molecule has 1 aromatic rings. The number of benzene rings is 1. The van der Waals surface area contributed by atoms with E-state index in [1.807, 2.05) is 18.2 Å². The first-order valence-electron chi connectivity index (χ1n) is 6.62. The van der Waals surface area contributed by atoms with Crippen molar-refractivity contribution in [2.75, 3.05) is 20.8 Å². The van der Waals surface area contributed by atoms with E-state index >= 15 is 0 Å². The van der Waals surface area contributed by atoms with E-state index in [1.165, 1.54) is 0 Å². The van der Waals surface area contributed by atoms with Crippen LogP contribution in [-0.2, 0) is 0 Å². The van der Waals surface area contributed by atoms with Crippen LogP contribution in [0.1, 0.15) is 32.4 Å². The second-order valence-corrected chi connectivity index (χ2v) is 5.04. The molecule has 4 heteroatoms. The van der Waals surface area contributed by atoms with Crippen molar-refractivity contribution in [3.05, 3.63) is 23.8 Å². The van der Waals surface area contributed by atoms with E-state index in [1.54, 1.807) is 14.2 Å². The number of hydrogen-bond donors (Lipinski definition) is 2. The Morgan fingerprint density at radius 3 is 2.21 bits per heavy atom. The molecule has 0 amide bonds. The first-order valence-corrected chi connectivity index (χ1v) is 6.62. The molecule has 4 nitrogen and oxygen atoms in total. The summed E-state index contributed by atoms with van der Waals surface area (Å²) in [6.07, 6.45) is 0. The minimum atomic E-state index is 0.0862. The summed E-state index contributed by atoms with van der Waals surface area (Å²) >= 11 is 0. The van der Waals surface area contributed by atoms with Gasteiger partial charge in [0.2, 0.25) is 0 Å². The normalized spacial score (nSPS) is 14.3. The Balaban J connectivity index is 2.84. The molecule has 0 aliphatic rings. The summed E-state index contributed by atoms with van der Waals surface area (Å²) < 4.78 is 10.5. The monoisotopic (exact) mass is 267 g/mol. The Hall–Kier alpha value is -1.26. The van der Waals surface area contributed by atoms with Gasteiger partial charge in [-0.25, -0.2) is 0 Å². The first kappa shape index (κ1) is 15.8. The third kappa shape index (κ3) is 4.11. The van der Waals surface area contributed by atoms with Crippen LogP contribution in [0.15, 0.2) is 18.2 Å². The van der Waals surface area contributed by atoms with Gasteiger partial charge in [0.15, 0.2) is 11.5 Å². The number of aliphatic hydroxyl groups excluding tert-OH is 1. The standard InChI is InChI=1S/C15H25NO3/c1-10(2)13(9-17)16-11(3)12-6-7-14(18-4)15(8-12)19-5/h6-8,10-11,13,16-17H,9H2,1-5H3. The van der Waals surface area contributed by atoms with Crippen LogP contribution in [0, 0.1) is 5.92 Å². The van der Waals surface area contributed by atoms with E-state index < -0.39 is 0 Å². The molecule has 1 rings (SSSR count). The molecule has 0 radical (unpaired) electrons. The Labute approximate surface area is 115 Å². The molecule has 0 heterocycles. The smallest absolute Gasteiger partial charge is 0.161 e. The van der Waals surface area contributed by atoms with Gasteiger partial charge in [-0.3, -0.25) is 0 Å². The molecule has 0 bridgehead atoms. The van der Waals surface area contributed by atoms with Crippen LogP contribution in [0.4, 0.5) is 0 Å². The van der Waals surface area contributed by atoms with E-state index in [9.17, 15) is 5.11 Å². The zero-order valence-electron chi connectivity index (χ0n) is 12.4. The van der Waals surface area contributed by atoms with Crippen molar-refractivity contribution in [3.63, 3.8) is 0 Å². The van der Waals surface area contributed by atoms with Crippen molar-refractivity contribution in [2.24, 2.45) is 5.92 Å². The second-order valence-electron chi connectivity index (χ2n) is 5.04. The molecule has 108 valence electrons. The highest BCUT2D eigenvalue weighted by Gasteiger charge is 2.17. The molecule has 19 heavy (non-hydrogen) atoms. The lowest BCUT2D eigenvalue weighted by Gasteiger charge is -2.25. The Morgan fingerprint density at radius 2 is 1.74 bits per heavy atom. The van der Waals surface area contributed by atoms with Crippen molar-refractivity contribution in [3.8, 4) is 11.5 Å². The molecule has 0 aromatic heterocycles. The van der Waals surface area contributed by atoms with Gasteiger partial charge < -0.3 is 19.9 Å². The van der Waals surface area contributed by atoms with Gasteiger partial charge in [-0.15, -0.1) is 0 Å². The number of aliphatic hydroxyl groups is 1. The van der Waals surface area contributed by atoms with Crippen molar-refractivity contribution in [1.29, 1.82) is 0 Å². The Morgan fingerprint density at radius 1 is 1.11 bits per heavy atom. The topological polar surface area (TPSA) is 50.7 Å².